The maximum absolute atomic E-state index is 10.4. The Balaban J connectivity index is 2.77. The molecule has 0 aliphatic carbocycles. The van der Waals surface area contributed by atoms with Crippen LogP contribution in [0.2, 0.25) is 0 Å². The van der Waals surface area contributed by atoms with Crippen LogP contribution in [0.5, 0.6) is 0 Å². The number of aryl methyl sites for hydroxylation is 1. The molecule has 0 aliphatic heterocycles. The maximum atomic E-state index is 10.4. The second-order valence-electron chi connectivity index (χ2n) is 3.12. The van der Waals surface area contributed by atoms with E-state index >= 15 is 0 Å². The minimum Gasteiger partial charge on any atom is -0.481 e. The van der Waals surface area contributed by atoms with Gasteiger partial charge in [0, 0.05) is 19.0 Å². The molecule has 0 amide bonds. The standard InChI is InChI=1S/C8H13N3O2/c1-5(3-8(12)13)6-4-7(9)11(2)10-6/h4-5H,3,9H2,1-2H3,(H,12,13). The van der Waals surface area contributed by atoms with Crippen LogP contribution >= 0.6 is 0 Å². The molecule has 1 aromatic rings. The summed E-state index contributed by atoms with van der Waals surface area (Å²) in [5.74, 6) is -0.370. The first kappa shape index (κ1) is 9.57. The summed E-state index contributed by atoms with van der Waals surface area (Å²) in [6.07, 6.45) is 0.0798. The Morgan fingerprint density at radius 2 is 2.46 bits per heavy atom. The Labute approximate surface area is 76.2 Å². The van der Waals surface area contributed by atoms with Crippen molar-refractivity contribution < 1.29 is 9.90 Å². The highest BCUT2D eigenvalue weighted by Gasteiger charge is 2.13. The lowest BCUT2D eigenvalue weighted by Crippen LogP contribution is -2.04. The van der Waals surface area contributed by atoms with E-state index in [-0.39, 0.29) is 12.3 Å². The number of anilines is 1. The molecule has 0 spiro atoms. The molecule has 0 saturated carbocycles. The first-order valence-corrected chi connectivity index (χ1v) is 4.02. The molecule has 1 heterocycles. The highest BCUT2D eigenvalue weighted by Crippen LogP contribution is 2.18. The first-order valence-electron chi connectivity index (χ1n) is 4.02. The molecule has 1 unspecified atom stereocenters. The summed E-state index contributed by atoms with van der Waals surface area (Å²) in [5.41, 5.74) is 6.29. The Kier molecular flexibility index (Phi) is 2.55. The van der Waals surface area contributed by atoms with Crippen molar-refractivity contribution >= 4 is 11.8 Å². The van der Waals surface area contributed by atoms with Crippen LogP contribution in [0.15, 0.2) is 6.07 Å². The quantitative estimate of drug-likeness (QED) is 0.718. The molecule has 1 rings (SSSR count). The van der Waals surface area contributed by atoms with Crippen molar-refractivity contribution in [2.45, 2.75) is 19.3 Å². The molecule has 72 valence electrons. The molecule has 5 nitrogen and oxygen atoms in total. The summed E-state index contributed by atoms with van der Waals surface area (Å²) in [7, 11) is 1.73. The highest BCUT2D eigenvalue weighted by molar-refractivity contribution is 5.67. The number of nitrogens with two attached hydrogens (primary N) is 1. The zero-order valence-corrected chi connectivity index (χ0v) is 7.69. The van der Waals surface area contributed by atoms with Gasteiger partial charge >= 0.3 is 5.97 Å². The number of hydrogen-bond donors (Lipinski definition) is 2. The van der Waals surface area contributed by atoms with E-state index < -0.39 is 5.97 Å². The largest absolute Gasteiger partial charge is 0.481 e. The second kappa shape index (κ2) is 3.47. The SMILES string of the molecule is CC(CC(=O)O)c1cc(N)n(C)n1. The fourth-order valence-corrected chi connectivity index (χ4v) is 1.11. The van der Waals surface area contributed by atoms with E-state index in [9.17, 15) is 4.79 Å². The number of aromatic nitrogens is 2. The zero-order chi connectivity index (χ0) is 10.0. The van der Waals surface area contributed by atoms with Crippen LogP contribution in [-0.4, -0.2) is 20.9 Å². The van der Waals surface area contributed by atoms with Gasteiger partial charge in [0.2, 0.25) is 0 Å². The molecule has 3 N–H and O–H groups in total. The van der Waals surface area contributed by atoms with Gasteiger partial charge in [-0.05, 0) is 0 Å². The molecule has 0 radical (unpaired) electrons. The van der Waals surface area contributed by atoms with E-state index in [1.165, 1.54) is 4.68 Å². The van der Waals surface area contributed by atoms with Crippen molar-refractivity contribution in [3.63, 3.8) is 0 Å². The average molecular weight is 183 g/mol. The number of carboxylic acids is 1. The number of nitrogens with zero attached hydrogens (tertiary/aromatic N) is 2. The van der Waals surface area contributed by atoms with Gasteiger partial charge in [-0.3, -0.25) is 9.48 Å². The van der Waals surface area contributed by atoms with Crippen molar-refractivity contribution in [3.8, 4) is 0 Å². The van der Waals surface area contributed by atoms with E-state index in [0.29, 0.717) is 5.82 Å². The van der Waals surface area contributed by atoms with E-state index in [1.807, 2.05) is 6.92 Å². The summed E-state index contributed by atoms with van der Waals surface area (Å²) in [4.78, 5) is 10.4. The van der Waals surface area contributed by atoms with Gasteiger partial charge in [0.15, 0.2) is 0 Å². The van der Waals surface area contributed by atoms with Crippen molar-refractivity contribution in [3.05, 3.63) is 11.8 Å². The molecule has 0 bridgehead atoms. The third-order valence-corrected chi connectivity index (χ3v) is 1.92. The smallest absolute Gasteiger partial charge is 0.304 e. The molecular weight excluding hydrogens is 170 g/mol. The van der Waals surface area contributed by atoms with Gasteiger partial charge in [0.1, 0.15) is 5.82 Å². The van der Waals surface area contributed by atoms with Crippen LogP contribution in [0.4, 0.5) is 5.82 Å². The highest BCUT2D eigenvalue weighted by atomic mass is 16.4. The molecule has 0 fully saturated rings. The van der Waals surface area contributed by atoms with Crippen molar-refractivity contribution in [2.75, 3.05) is 5.73 Å². The Hall–Kier alpha value is -1.52. The molecule has 0 aromatic carbocycles. The number of carboxylic acid groups (broad SMARTS) is 1. The monoisotopic (exact) mass is 183 g/mol. The third-order valence-electron chi connectivity index (χ3n) is 1.92. The summed E-state index contributed by atoms with van der Waals surface area (Å²) >= 11 is 0. The number of aliphatic carboxylic acids is 1. The van der Waals surface area contributed by atoms with Gasteiger partial charge in [-0.2, -0.15) is 5.10 Å². The Morgan fingerprint density at radius 3 is 2.85 bits per heavy atom. The normalized spacial score (nSPS) is 12.8. The summed E-state index contributed by atoms with van der Waals surface area (Å²) in [6.45, 7) is 1.82. The number of hydrogen-bond acceptors (Lipinski definition) is 3. The lowest BCUT2D eigenvalue weighted by Gasteiger charge is -2.02. The Bertz CT molecular complexity index is 300. The molecule has 13 heavy (non-hydrogen) atoms. The van der Waals surface area contributed by atoms with Crippen LogP contribution in [-0.2, 0) is 11.8 Å². The average Bonchev–Trinajstić information content (AvgIpc) is 2.31. The minimum atomic E-state index is -0.822. The van der Waals surface area contributed by atoms with Crippen LogP contribution in [0, 0.1) is 0 Å². The maximum Gasteiger partial charge on any atom is 0.304 e. The van der Waals surface area contributed by atoms with Gasteiger partial charge in [-0.15, -0.1) is 0 Å². The van der Waals surface area contributed by atoms with Crippen molar-refractivity contribution in [1.82, 2.24) is 9.78 Å². The van der Waals surface area contributed by atoms with E-state index in [0.717, 1.165) is 5.69 Å². The van der Waals surface area contributed by atoms with Gasteiger partial charge in [0.05, 0.1) is 12.1 Å². The number of rotatable bonds is 3. The van der Waals surface area contributed by atoms with Crippen LogP contribution in [0.3, 0.4) is 0 Å². The van der Waals surface area contributed by atoms with Crippen LogP contribution in [0.25, 0.3) is 0 Å². The topological polar surface area (TPSA) is 81.1 Å². The number of nitrogen functional groups attached to an aromatic ring is 1. The van der Waals surface area contributed by atoms with E-state index in [1.54, 1.807) is 13.1 Å². The molecular formula is C8H13N3O2. The fourth-order valence-electron chi connectivity index (χ4n) is 1.11. The second-order valence-corrected chi connectivity index (χ2v) is 3.12. The molecule has 0 aliphatic rings. The predicted molar refractivity (Wildman–Crippen MR) is 48.3 cm³/mol. The zero-order valence-electron chi connectivity index (χ0n) is 7.69. The van der Waals surface area contributed by atoms with E-state index in [2.05, 4.69) is 5.10 Å². The summed E-state index contributed by atoms with van der Waals surface area (Å²) < 4.78 is 1.54. The summed E-state index contributed by atoms with van der Waals surface area (Å²) in [6, 6.07) is 1.70. The van der Waals surface area contributed by atoms with Crippen molar-refractivity contribution in [1.29, 1.82) is 0 Å². The Morgan fingerprint density at radius 1 is 1.85 bits per heavy atom. The van der Waals surface area contributed by atoms with Crippen molar-refractivity contribution in [2.24, 2.45) is 7.05 Å². The van der Waals surface area contributed by atoms with Gasteiger partial charge < -0.3 is 10.8 Å². The molecule has 5 heteroatoms. The lowest BCUT2D eigenvalue weighted by atomic mass is 10.0. The summed E-state index contributed by atoms with van der Waals surface area (Å²) in [5, 5.41) is 12.6. The van der Waals surface area contributed by atoms with Gasteiger partial charge in [-0.1, -0.05) is 6.92 Å². The van der Waals surface area contributed by atoms with Crippen LogP contribution in [0.1, 0.15) is 25.0 Å². The first-order chi connectivity index (χ1) is 6.00. The predicted octanol–water partition coefficient (Wildman–Crippen LogP) is 0.580. The lowest BCUT2D eigenvalue weighted by molar-refractivity contribution is -0.137. The molecule has 1 aromatic heterocycles. The van der Waals surface area contributed by atoms with E-state index in [4.69, 9.17) is 10.8 Å². The minimum absolute atomic E-state index is 0.0798. The van der Waals surface area contributed by atoms with Gasteiger partial charge in [0.25, 0.3) is 0 Å². The van der Waals surface area contributed by atoms with Gasteiger partial charge in [-0.25, -0.2) is 0 Å². The number of carbonyl (C=O) groups is 1. The van der Waals surface area contributed by atoms with Crippen LogP contribution < -0.4 is 5.73 Å². The molecule has 0 saturated heterocycles. The fraction of sp³-hybridized carbons (Fsp3) is 0.500. The molecule has 1 atom stereocenters. The third kappa shape index (κ3) is 2.21.